The van der Waals surface area contributed by atoms with Gasteiger partial charge in [0.25, 0.3) is 0 Å². The molecule has 18 heavy (non-hydrogen) atoms. The summed E-state index contributed by atoms with van der Waals surface area (Å²) in [5.41, 5.74) is 0. The molecule has 0 amide bonds. The third-order valence-electron chi connectivity index (χ3n) is 0. The van der Waals surface area contributed by atoms with Crippen LogP contribution in [0.4, 0.5) is 0 Å². The third-order valence-corrected chi connectivity index (χ3v) is 0. The van der Waals surface area contributed by atoms with E-state index in [4.69, 9.17) is 52.6 Å². The fourth-order valence-electron chi connectivity index (χ4n) is 0. The van der Waals surface area contributed by atoms with Crippen LogP contribution in [-0.4, -0.2) is 52.6 Å². The van der Waals surface area contributed by atoms with Crippen molar-refractivity contribution in [2.45, 2.75) is 0 Å². The molecular formula is H8HfN2O12S3. The minimum atomic E-state index is -5.17. The first kappa shape index (κ1) is 36.2. The molecule has 0 aliphatic rings. The largest absolute Gasteiger partial charge is 4.00 e. The van der Waals surface area contributed by atoms with Crippen molar-refractivity contribution in [1.29, 1.82) is 0 Å². The van der Waals surface area contributed by atoms with Gasteiger partial charge in [0.05, 0.1) is 0 Å². The first-order chi connectivity index (χ1) is 6.00. The van der Waals surface area contributed by atoms with E-state index in [1.165, 1.54) is 0 Å². The molecule has 112 valence electrons. The van der Waals surface area contributed by atoms with E-state index in [9.17, 15) is 0 Å². The Bertz CT molecular complexity index is 346. The molecule has 0 aromatic heterocycles. The van der Waals surface area contributed by atoms with E-state index < -0.39 is 31.2 Å². The predicted octanol–water partition coefficient (Wildman–Crippen LogP) is -3.26. The van der Waals surface area contributed by atoms with E-state index in [2.05, 4.69) is 0 Å². The number of rotatable bonds is 0. The molecule has 0 rings (SSSR count). The number of hydrogen-bond donors (Lipinski definition) is 2. The van der Waals surface area contributed by atoms with Gasteiger partial charge in [-0.1, -0.05) is 0 Å². The van der Waals surface area contributed by atoms with Crippen LogP contribution in [0.5, 0.6) is 0 Å². The minimum absolute atomic E-state index is 0. The molecule has 0 aliphatic heterocycles. The van der Waals surface area contributed by atoms with E-state index in [0.29, 0.717) is 0 Å². The maximum atomic E-state index is 8.52. The minimum Gasteiger partial charge on any atom is -0.759 e. The molecule has 0 unspecified atom stereocenters. The van der Waals surface area contributed by atoms with Crippen LogP contribution in [0.25, 0.3) is 0 Å². The summed E-state index contributed by atoms with van der Waals surface area (Å²) in [5, 5.41) is 0. The normalized spacial score (nSPS) is 9.67. The second-order valence-corrected chi connectivity index (χ2v) is 3.67. The van der Waals surface area contributed by atoms with E-state index in [0.717, 1.165) is 0 Å². The number of quaternary nitrogens is 2. The summed E-state index contributed by atoms with van der Waals surface area (Å²) in [7, 11) is -15.5. The molecule has 0 heterocycles. The van der Waals surface area contributed by atoms with Crippen LogP contribution in [0.3, 0.4) is 0 Å². The SMILES string of the molecule is O=S(=O)([O-])[O-].O=S(=O)([O-])[O-].O=S(=O)([O-])[O-].[Hf+4].[NH4+].[NH4+]. The average molecular weight is 503 g/mol. The van der Waals surface area contributed by atoms with Crippen molar-refractivity contribution in [3.8, 4) is 0 Å². The maximum absolute atomic E-state index is 8.52. The van der Waals surface area contributed by atoms with Gasteiger partial charge in [-0.05, 0) is 0 Å². The Labute approximate surface area is 121 Å². The molecule has 0 saturated carbocycles. The molecule has 14 nitrogen and oxygen atoms in total. The van der Waals surface area contributed by atoms with Gasteiger partial charge in [0.15, 0.2) is 0 Å². The molecule has 0 radical (unpaired) electrons. The van der Waals surface area contributed by atoms with Crippen molar-refractivity contribution >= 4 is 31.2 Å². The van der Waals surface area contributed by atoms with Crippen LogP contribution < -0.4 is 12.3 Å². The summed E-state index contributed by atoms with van der Waals surface area (Å²) in [6.45, 7) is 0. The molecule has 18 heteroatoms. The summed E-state index contributed by atoms with van der Waals surface area (Å²) in [6.07, 6.45) is 0. The van der Waals surface area contributed by atoms with Crippen molar-refractivity contribution in [2.24, 2.45) is 0 Å². The smallest absolute Gasteiger partial charge is 0.759 e. The van der Waals surface area contributed by atoms with Crippen LogP contribution in [0, 0.1) is 0 Å². The monoisotopic (exact) mass is 504 g/mol. The molecule has 0 bridgehead atoms. The summed E-state index contributed by atoms with van der Waals surface area (Å²) in [6, 6.07) is 0. The van der Waals surface area contributed by atoms with Gasteiger partial charge in [0.2, 0.25) is 0 Å². The Hall–Kier alpha value is 0.400. The summed E-state index contributed by atoms with van der Waals surface area (Å²) in [4.78, 5) is 0. The van der Waals surface area contributed by atoms with Crippen molar-refractivity contribution in [2.75, 3.05) is 0 Å². The Morgan fingerprint density at radius 2 is 0.444 bits per heavy atom. The van der Waals surface area contributed by atoms with Gasteiger partial charge in [-0.2, -0.15) is 0 Å². The van der Waals surface area contributed by atoms with E-state index in [1.54, 1.807) is 0 Å². The van der Waals surface area contributed by atoms with E-state index in [1.807, 2.05) is 0 Å². The molecule has 0 aromatic carbocycles. The summed E-state index contributed by atoms with van der Waals surface area (Å²) < 4.78 is 102. The maximum Gasteiger partial charge on any atom is 4.00 e. The quantitative estimate of drug-likeness (QED) is 0.187. The second-order valence-electron chi connectivity index (χ2n) is 1.22. The zero-order valence-corrected chi connectivity index (χ0v) is 14.7. The fourth-order valence-corrected chi connectivity index (χ4v) is 0. The van der Waals surface area contributed by atoms with Crippen molar-refractivity contribution in [3.63, 3.8) is 0 Å². The molecular weight excluding hydrogens is 495 g/mol. The Morgan fingerprint density at radius 1 is 0.444 bits per heavy atom. The molecule has 8 N–H and O–H groups in total. The van der Waals surface area contributed by atoms with E-state index in [-0.39, 0.29) is 38.1 Å². The standard InChI is InChI=1S/Hf.2H3N.3H2O4S/c;;;3*1-5(2,3)4/h;2*1H3;3*(H2,1,2,3,4)/q+4;;;;;/p-4. The molecule has 0 aliphatic carbocycles. The summed E-state index contributed by atoms with van der Waals surface area (Å²) in [5.74, 6) is 0. The van der Waals surface area contributed by atoms with Crippen LogP contribution >= 0.6 is 0 Å². The Balaban J connectivity index is -0.0000000277. The van der Waals surface area contributed by atoms with Gasteiger partial charge in [0, 0.05) is 31.2 Å². The van der Waals surface area contributed by atoms with Crippen molar-refractivity contribution in [1.82, 2.24) is 12.3 Å². The average Bonchev–Trinajstić information content (AvgIpc) is 1.41. The topological polar surface area (TPSA) is 314 Å². The first-order valence-electron chi connectivity index (χ1n) is 2.00. The molecule has 0 atom stereocenters. The third kappa shape index (κ3) is 24300. The van der Waals surface area contributed by atoms with Gasteiger partial charge in [-0.25, -0.2) is 0 Å². The summed E-state index contributed by atoms with van der Waals surface area (Å²) >= 11 is 0. The number of hydrogen-bond acceptors (Lipinski definition) is 12. The van der Waals surface area contributed by atoms with Gasteiger partial charge < -0.3 is 39.6 Å². The van der Waals surface area contributed by atoms with Gasteiger partial charge in [0.1, 0.15) is 0 Å². The van der Waals surface area contributed by atoms with Crippen molar-refractivity contribution < 1.29 is 78.4 Å². The molecule has 0 fully saturated rings. The van der Waals surface area contributed by atoms with Crippen LogP contribution in [-0.2, 0) is 57.0 Å². The van der Waals surface area contributed by atoms with Gasteiger partial charge >= 0.3 is 25.8 Å². The van der Waals surface area contributed by atoms with Crippen molar-refractivity contribution in [3.05, 3.63) is 0 Å². The fraction of sp³-hybridized carbons (Fsp3) is 0. The Morgan fingerprint density at radius 3 is 0.444 bits per heavy atom. The van der Waals surface area contributed by atoms with E-state index >= 15 is 0 Å². The Kier molecular flexibility index (Phi) is 27.8. The van der Waals surface area contributed by atoms with Crippen LogP contribution in [0.2, 0.25) is 0 Å². The zero-order valence-electron chi connectivity index (χ0n) is 8.62. The van der Waals surface area contributed by atoms with Gasteiger partial charge in [-0.15, -0.1) is 0 Å². The van der Waals surface area contributed by atoms with Crippen LogP contribution in [0.15, 0.2) is 0 Å². The predicted molar refractivity (Wildman–Crippen MR) is 43.4 cm³/mol. The van der Waals surface area contributed by atoms with Gasteiger partial charge in [-0.3, -0.25) is 25.3 Å². The molecule has 0 spiro atoms. The molecule has 0 saturated heterocycles. The zero-order chi connectivity index (χ0) is 13.5. The van der Waals surface area contributed by atoms with Crippen LogP contribution in [0.1, 0.15) is 0 Å². The second kappa shape index (κ2) is 13.8. The molecule has 0 aromatic rings. The first-order valence-corrected chi connectivity index (χ1v) is 6.00.